The molecule has 1 N–H and O–H groups in total. The monoisotopic (exact) mass is 273 g/mol. The Morgan fingerprint density at radius 3 is 2.65 bits per heavy atom. The van der Waals surface area contributed by atoms with Crippen LogP contribution in [0.5, 0.6) is 0 Å². The van der Waals surface area contributed by atoms with Crippen molar-refractivity contribution >= 4 is 23.2 Å². The molecule has 2 rings (SSSR count). The molecule has 0 bridgehead atoms. The van der Waals surface area contributed by atoms with Crippen molar-refractivity contribution in [2.24, 2.45) is 0 Å². The molecule has 0 unspecified atom stereocenters. The number of nitrogens with one attached hydrogen (secondary N) is 1. The molecule has 4 heteroatoms. The van der Waals surface area contributed by atoms with E-state index >= 15 is 0 Å². The molecule has 0 amide bonds. The number of rotatable bonds is 6. The zero-order chi connectivity index (χ0) is 12.3. The first-order valence-corrected chi connectivity index (χ1v) is 6.59. The molecule has 2 nitrogen and oxygen atoms in total. The van der Waals surface area contributed by atoms with E-state index in [1.54, 1.807) is 7.11 Å². The number of halogens is 2. The van der Waals surface area contributed by atoms with Gasteiger partial charge < -0.3 is 10.1 Å². The molecular formula is C13H17Cl2NO. The lowest BCUT2D eigenvalue weighted by molar-refractivity contribution is 0.198. The molecular weight excluding hydrogens is 257 g/mol. The number of ether oxygens (including phenoxy) is 1. The molecule has 1 aliphatic carbocycles. The molecule has 94 valence electrons. The zero-order valence-corrected chi connectivity index (χ0v) is 11.4. The van der Waals surface area contributed by atoms with Crippen LogP contribution in [0.1, 0.15) is 18.4 Å². The molecule has 0 spiro atoms. The Hall–Kier alpha value is -0.280. The van der Waals surface area contributed by atoms with E-state index in [-0.39, 0.29) is 5.41 Å². The fourth-order valence-electron chi connectivity index (χ4n) is 2.05. The molecule has 17 heavy (non-hydrogen) atoms. The highest BCUT2D eigenvalue weighted by Crippen LogP contribution is 2.48. The van der Waals surface area contributed by atoms with Gasteiger partial charge in [0.25, 0.3) is 0 Å². The van der Waals surface area contributed by atoms with Gasteiger partial charge in [-0.2, -0.15) is 0 Å². The van der Waals surface area contributed by atoms with Gasteiger partial charge in [-0.05, 0) is 30.5 Å². The number of methoxy groups -OCH3 is 1. The predicted molar refractivity (Wildman–Crippen MR) is 72.1 cm³/mol. The van der Waals surface area contributed by atoms with Crippen molar-refractivity contribution in [3.63, 3.8) is 0 Å². The van der Waals surface area contributed by atoms with Gasteiger partial charge in [0, 0.05) is 25.6 Å². The zero-order valence-electron chi connectivity index (χ0n) is 9.93. The smallest absolute Gasteiger partial charge is 0.0595 e. The largest absolute Gasteiger partial charge is 0.383 e. The van der Waals surface area contributed by atoms with Gasteiger partial charge in [0.05, 0.1) is 16.7 Å². The molecule has 1 fully saturated rings. The Labute approximate surface area is 112 Å². The fraction of sp³-hybridized carbons (Fsp3) is 0.538. The summed E-state index contributed by atoms with van der Waals surface area (Å²) in [6, 6.07) is 5.96. The van der Waals surface area contributed by atoms with Crippen LogP contribution >= 0.6 is 23.2 Å². The van der Waals surface area contributed by atoms with E-state index < -0.39 is 0 Å². The average molecular weight is 274 g/mol. The second kappa shape index (κ2) is 5.57. The van der Waals surface area contributed by atoms with E-state index in [0.717, 1.165) is 19.7 Å². The fourth-order valence-corrected chi connectivity index (χ4v) is 2.34. The minimum atomic E-state index is 0.266. The SMILES string of the molecule is COCCNCC1(c2ccc(Cl)c(Cl)c2)CC1. The Balaban J connectivity index is 1.98. The van der Waals surface area contributed by atoms with Gasteiger partial charge in [-0.1, -0.05) is 29.3 Å². The molecule has 0 radical (unpaired) electrons. The summed E-state index contributed by atoms with van der Waals surface area (Å²) < 4.78 is 5.02. The molecule has 0 heterocycles. The maximum atomic E-state index is 6.06. The predicted octanol–water partition coefficient (Wildman–Crippen LogP) is 3.26. The standard InChI is InChI=1S/C13H17Cl2NO/c1-17-7-6-16-9-13(4-5-13)10-2-3-11(14)12(15)8-10/h2-3,8,16H,4-7,9H2,1H3. The minimum absolute atomic E-state index is 0.266. The van der Waals surface area contributed by atoms with Gasteiger partial charge in [-0.15, -0.1) is 0 Å². The van der Waals surface area contributed by atoms with Crippen molar-refractivity contribution in [2.45, 2.75) is 18.3 Å². The molecule has 1 aliphatic rings. The van der Waals surface area contributed by atoms with E-state index in [0.29, 0.717) is 10.0 Å². The van der Waals surface area contributed by atoms with Gasteiger partial charge in [0.2, 0.25) is 0 Å². The molecule has 0 atom stereocenters. The lowest BCUT2D eigenvalue weighted by atomic mass is 9.96. The van der Waals surface area contributed by atoms with E-state index in [9.17, 15) is 0 Å². The third-order valence-electron chi connectivity index (χ3n) is 3.33. The third kappa shape index (κ3) is 3.14. The summed E-state index contributed by atoms with van der Waals surface area (Å²) >= 11 is 12.0. The summed E-state index contributed by atoms with van der Waals surface area (Å²) in [6.45, 7) is 2.62. The summed E-state index contributed by atoms with van der Waals surface area (Å²) in [6.07, 6.45) is 2.43. The van der Waals surface area contributed by atoms with Crippen LogP contribution in [-0.4, -0.2) is 26.8 Å². The third-order valence-corrected chi connectivity index (χ3v) is 4.07. The molecule has 1 aromatic rings. The molecule has 0 aromatic heterocycles. The quantitative estimate of drug-likeness (QED) is 0.804. The first-order valence-electron chi connectivity index (χ1n) is 5.83. The molecule has 0 aliphatic heterocycles. The van der Waals surface area contributed by atoms with Crippen LogP contribution in [0.3, 0.4) is 0 Å². The van der Waals surface area contributed by atoms with Crippen molar-refractivity contribution in [1.82, 2.24) is 5.32 Å². The van der Waals surface area contributed by atoms with Crippen molar-refractivity contribution in [1.29, 1.82) is 0 Å². The molecule has 0 saturated heterocycles. The highest BCUT2D eigenvalue weighted by molar-refractivity contribution is 6.42. The Morgan fingerprint density at radius 2 is 2.06 bits per heavy atom. The van der Waals surface area contributed by atoms with Gasteiger partial charge in [0.1, 0.15) is 0 Å². The van der Waals surface area contributed by atoms with Gasteiger partial charge in [-0.3, -0.25) is 0 Å². The van der Waals surface area contributed by atoms with Crippen LogP contribution in [0, 0.1) is 0 Å². The second-order valence-corrected chi connectivity index (χ2v) is 5.39. The molecule has 1 aromatic carbocycles. The van der Waals surface area contributed by atoms with E-state index in [2.05, 4.69) is 11.4 Å². The topological polar surface area (TPSA) is 21.3 Å². The van der Waals surface area contributed by atoms with Crippen molar-refractivity contribution < 1.29 is 4.74 Å². The normalized spacial score (nSPS) is 17.1. The summed E-state index contributed by atoms with van der Waals surface area (Å²) in [7, 11) is 1.72. The number of hydrogen-bond donors (Lipinski definition) is 1. The summed E-state index contributed by atoms with van der Waals surface area (Å²) in [5, 5.41) is 4.69. The second-order valence-electron chi connectivity index (χ2n) is 4.58. The Kier molecular flexibility index (Phi) is 4.31. The van der Waals surface area contributed by atoms with Crippen molar-refractivity contribution in [3.8, 4) is 0 Å². The van der Waals surface area contributed by atoms with Crippen molar-refractivity contribution in [3.05, 3.63) is 33.8 Å². The maximum Gasteiger partial charge on any atom is 0.0595 e. The van der Waals surface area contributed by atoms with Crippen LogP contribution in [0.4, 0.5) is 0 Å². The number of hydrogen-bond acceptors (Lipinski definition) is 2. The number of benzene rings is 1. The summed E-state index contributed by atoms with van der Waals surface area (Å²) in [4.78, 5) is 0. The van der Waals surface area contributed by atoms with E-state index in [1.807, 2.05) is 12.1 Å². The lowest BCUT2D eigenvalue weighted by Crippen LogP contribution is -2.29. The first kappa shape index (κ1) is 13.2. The Bertz CT molecular complexity index is 391. The van der Waals surface area contributed by atoms with E-state index in [4.69, 9.17) is 27.9 Å². The minimum Gasteiger partial charge on any atom is -0.383 e. The first-order chi connectivity index (χ1) is 8.18. The van der Waals surface area contributed by atoms with Crippen LogP contribution in [0.2, 0.25) is 10.0 Å². The highest BCUT2D eigenvalue weighted by atomic mass is 35.5. The van der Waals surface area contributed by atoms with Gasteiger partial charge in [-0.25, -0.2) is 0 Å². The highest BCUT2D eigenvalue weighted by Gasteiger charge is 2.43. The maximum absolute atomic E-state index is 6.06. The Morgan fingerprint density at radius 1 is 1.29 bits per heavy atom. The summed E-state index contributed by atoms with van der Waals surface area (Å²) in [5.41, 5.74) is 1.55. The van der Waals surface area contributed by atoms with Crippen LogP contribution in [0.25, 0.3) is 0 Å². The summed E-state index contributed by atoms with van der Waals surface area (Å²) in [5.74, 6) is 0. The lowest BCUT2D eigenvalue weighted by Gasteiger charge is -2.17. The van der Waals surface area contributed by atoms with Crippen LogP contribution in [0.15, 0.2) is 18.2 Å². The van der Waals surface area contributed by atoms with E-state index in [1.165, 1.54) is 18.4 Å². The van der Waals surface area contributed by atoms with Gasteiger partial charge in [0.15, 0.2) is 0 Å². The van der Waals surface area contributed by atoms with Crippen LogP contribution in [-0.2, 0) is 10.2 Å². The van der Waals surface area contributed by atoms with Gasteiger partial charge >= 0.3 is 0 Å². The van der Waals surface area contributed by atoms with Crippen LogP contribution < -0.4 is 5.32 Å². The van der Waals surface area contributed by atoms with Crippen molar-refractivity contribution in [2.75, 3.05) is 26.8 Å². The molecule has 1 saturated carbocycles. The average Bonchev–Trinajstić information content (AvgIpc) is 3.09.